The Hall–Kier alpha value is -1.79. The molecule has 0 aliphatic carbocycles. The van der Waals surface area contributed by atoms with Crippen molar-refractivity contribution in [3.8, 4) is 12.3 Å². The van der Waals surface area contributed by atoms with Gasteiger partial charge < -0.3 is 5.32 Å². The number of aryl methyl sites for hydroxylation is 1. The molecule has 0 aromatic heterocycles. The van der Waals surface area contributed by atoms with Gasteiger partial charge in [0, 0.05) is 11.3 Å². The first-order valence-electron chi connectivity index (χ1n) is 4.81. The number of rotatable bonds is 2. The maximum absolute atomic E-state index is 11.6. The summed E-state index contributed by atoms with van der Waals surface area (Å²) in [5.41, 5.74) is 2.97. The molecule has 1 aliphatic rings. The quantitative estimate of drug-likeness (QED) is 0.704. The Morgan fingerprint density at radius 1 is 1.60 bits per heavy atom. The number of anilines is 1. The summed E-state index contributed by atoms with van der Waals surface area (Å²) < 4.78 is 0. The van der Waals surface area contributed by atoms with E-state index in [9.17, 15) is 4.79 Å². The Kier molecular flexibility index (Phi) is 2.44. The Balaban J connectivity index is 2.34. The third-order valence-electron chi connectivity index (χ3n) is 2.53. The molecule has 1 unspecified atom stereocenters. The zero-order chi connectivity index (χ0) is 10.8. The van der Waals surface area contributed by atoms with Crippen molar-refractivity contribution in [1.82, 2.24) is 5.32 Å². The summed E-state index contributed by atoms with van der Waals surface area (Å²) in [6.07, 6.45) is 5.16. The smallest absolute Gasteiger partial charge is 0.246 e. The fourth-order valence-electron chi connectivity index (χ4n) is 1.80. The second-order valence-corrected chi connectivity index (χ2v) is 3.55. The van der Waals surface area contributed by atoms with Gasteiger partial charge in [-0.25, -0.2) is 0 Å². The summed E-state index contributed by atoms with van der Waals surface area (Å²) in [6.45, 7) is 2.37. The van der Waals surface area contributed by atoms with Gasteiger partial charge in [0.15, 0.2) is 0 Å². The summed E-state index contributed by atoms with van der Waals surface area (Å²) in [7, 11) is 0. The molecule has 1 aromatic rings. The third kappa shape index (κ3) is 1.60. The van der Waals surface area contributed by atoms with E-state index < -0.39 is 0 Å². The maximum Gasteiger partial charge on any atom is 0.246 e. The van der Waals surface area contributed by atoms with Crippen molar-refractivity contribution in [3.05, 3.63) is 29.3 Å². The predicted octanol–water partition coefficient (Wildman–Crippen LogP) is 1.21. The Morgan fingerprint density at radius 3 is 3.13 bits per heavy atom. The van der Waals surface area contributed by atoms with Gasteiger partial charge in [0.05, 0.1) is 6.54 Å². The van der Waals surface area contributed by atoms with Crippen molar-refractivity contribution >= 4 is 11.6 Å². The van der Waals surface area contributed by atoms with Crippen molar-refractivity contribution in [3.63, 3.8) is 0 Å². The van der Waals surface area contributed by atoms with Crippen molar-refractivity contribution in [1.29, 1.82) is 0 Å². The van der Waals surface area contributed by atoms with Crippen LogP contribution in [0.4, 0.5) is 5.69 Å². The van der Waals surface area contributed by atoms with E-state index in [4.69, 9.17) is 6.42 Å². The van der Waals surface area contributed by atoms with Gasteiger partial charge >= 0.3 is 0 Å². The highest BCUT2D eigenvalue weighted by Crippen LogP contribution is 2.32. The van der Waals surface area contributed by atoms with Gasteiger partial charge in [0.2, 0.25) is 5.91 Å². The highest BCUT2D eigenvalue weighted by molar-refractivity contribution is 6.03. The molecular weight excluding hydrogens is 188 g/mol. The number of fused-ring (bicyclic) bond motifs is 1. The molecular formula is C12H12N2O. The molecule has 0 saturated carbocycles. The van der Waals surface area contributed by atoms with Crippen LogP contribution in [0.2, 0.25) is 0 Å². The summed E-state index contributed by atoms with van der Waals surface area (Å²) in [6, 6.07) is 5.55. The van der Waals surface area contributed by atoms with E-state index in [0.29, 0.717) is 6.54 Å². The fraction of sp³-hybridized carbons (Fsp3) is 0.250. The van der Waals surface area contributed by atoms with Gasteiger partial charge in [-0.1, -0.05) is 24.1 Å². The fourth-order valence-corrected chi connectivity index (χ4v) is 1.80. The number of nitrogens with one attached hydrogen (secondary N) is 2. The molecule has 0 saturated heterocycles. The van der Waals surface area contributed by atoms with Gasteiger partial charge in [0.1, 0.15) is 6.04 Å². The van der Waals surface area contributed by atoms with E-state index in [1.165, 1.54) is 0 Å². The molecule has 1 aliphatic heterocycles. The molecule has 15 heavy (non-hydrogen) atoms. The third-order valence-corrected chi connectivity index (χ3v) is 2.53. The Bertz CT molecular complexity index is 445. The van der Waals surface area contributed by atoms with E-state index in [1.807, 2.05) is 25.1 Å². The molecule has 0 spiro atoms. The summed E-state index contributed by atoms with van der Waals surface area (Å²) >= 11 is 0. The molecule has 1 amide bonds. The number of terminal acetylenes is 1. The van der Waals surface area contributed by atoms with E-state index >= 15 is 0 Å². The number of carbonyl (C=O) groups excluding carboxylic acids is 1. The second kappa shape index (κ2) is 3.76. The molecule has 1 heterocycles. The van der Waals surface area contributed by atoms with Gasteiger partial charge in [-0.2, -0.15) is 0 Å². The lowest BCUT2D eigenvalue weighted by molar-refractivity contribution is -0.117. The number of carbonyl (C=O) groups is 1. The molecule has 3 heteroatoms. The molecule has 1 aromatic carbocycles. The zero-order valence-corrected chi connectivity index (χ0v) is 8.50. The van der Waals surface area contributed by atoms with Crippen molar-refractivity contribution in [2.45, 2.75) is 13.0 Å². The Morgan fingerprint density at radius 2 is 2.40 bits per heavy atom. The molecule has 0 fully saturated rings. The average Bonchev–Trinajstić information content (AvgIpc) is 2.54. The highest BCUT2D eigenvalue weighted by Gasteiger charge is 2.30. The number of para-hydroxylation sites is 1. The zero-order valence-electron chi connectivity index (χ0n) is 8.50. The lowest BCUT2D eigenvalue weighted by Crippen LogP contribution is -2.27. The minimum atomic E-state index is -0.309. The minimum Gasteiger partial charge on any atom is -0.324 e. The standard InChI is InChI=1S/C12H12N2O/c1-3-7-13-11-9-6-4-5-8(2)10(9)14-12(11)15/h1,4-6,11,13H,7H2,2H3,(H,14,15). The van der Waals surface area contributed by atoms with Crippen molar-refractivity contribution in [2.75, 3.05) is 11.9 Å². The molecule has 1 atom stereocenters. The van der Waals surface area contributed by atoms with E-state index in [-0.39, 0.29) is 11.9 Å². The van der Waals surface area contributed by atoms with Crippen LogP contribution in [0.1, 0.15) is 17.2 Å². The van der Waals surface area contributed by atoms with Crippen LogP contribution in [0.25, 0.3) is 0 Å². The summed E-state index contributed by atoms with van der Waals surface area (Å²) in [5, 5.41) is 5.87. The minimum absolute atomic E-state index is 0.0328. The molecule has 0 bridgehead atoms. The van der Waals surface area contributed by atoms with Crippen LogP contribution in [-0.4, -0.2) is 12.5 Å². The van der Waals surface area contributed by atoms with Gasteiger partial charge in [-0.3, -0.25) is 10.1 Å². The molecule has 76 valence electrons. The van der Waals surface area contributed by atoms with Crippen LogP contribution in [0, 0.1) is 19.3 Å². The van der Waals surface area contributed by atoms with Crippen LogP contribution in [-0.2, 0) is 4.79 Å². The van der Waals surface area contributed by atoms with E-state index in [2.05, 4.69) is 16.6 Å². The van der Waals surface area contributed by atoms with E-state index in [1.54, 1.807) is 0 Å². The van der Waals surface area contributed by atoms with Crippen LogP contribution >= 0.6 is 0 Å². The first-order valence-corrected chi connectivity index (χ1v) is 4.81. The number of hydrogen-bond donors (Lipinski definition) is 2. The lowest BCUT2D eigenvalue weighted by atomic mass is 10.1. The number of benzene rings is 1. The maximum atomic E-state index is 11.6. The molecule has 2 N–H and O–H groups in total. The highest BCUT2D eigenvalue weighted by atomic mass is 16.2. The van der Waals surface area contributed by atoms with Gasteiger partial charge in [0.25, 0.3) is 0 Å². The molecule has 3 nitrogen and oxygen atoms in total. The summed E-state index contributed by atoms with van der Waals surface area (Å²) in [5.74, 6) is 2.44. The van der Waals surface area contributed by atoms with Crippen LogP contribution in [0.15, 0.2) is 18.2 Å². The van der Waals surface area contributed by atoms with E-state index in [0.717, 1.165) is 16.8 Å². The first-order chi connectivity index (χ1) is 7.24. The van der Waals surface area contributed by atoms with Gasteiger partial charge in [-0.15, -0.1) is 6.42 Å². The molecule has 2 rings (SSSR count). The average molecular weight is 200 g/mol. The van der Waals surface area contributed by atoms with Crippen LogP contribution in [0.5, 0.6) is 0 Å². The van der Waals surface area contributed by atoms with Crippen LogP contribution < -0.4 is 10.6 Å². The summed E-state index contributed by atoms with van der Waals surface area (Å²) in [4.78, 5) is 11.6. The normalized spacial score (nSPS) is 18.1. The SMILES string of the molecule is C#CCNC1C(=O)Nc2c(C)cccc21. The predicted molar refractivity (Wildman–Crippen MR) is 59.4 cm³/mol. The number of amides is 1. The van der Waals surface area contributed by atoms with Gasteiger partial charge in [-0.05, 0) is 12.5 Å². The first kappa shape index (κ1) is 9.75. The number of hydrogen-bond acceptors (Lipinski definition) is 2. The Labute approximate surface area is 88.9 Å². The monoisotopic (exact) mass is 200 g/mol. The molecule has 0 radical (unpaired) electrons. The lowest BCUT2D eigenvalue weighted by Gasteiger charge is -2.08. The van der Waals surface area contributed by atoms with Crippen molar-refractivity contribution in [2.24, 2.45) is 0 Å². The second-order valence-electron chi connectivity index (χ2n) is 3.55. The topological polar surface area (TPSA) is 41.1 Å². The van der Waals surface area contributed by atoms with Crippen LogP contribution in [0.3, 0.4) is 0 Å². The van der Waals surface area contributed by atoms with Crippen molar-refractivity contribution < 1.29 is 4.79 Å². The largest absolute Gasteiger partial charge is 0.324 e.